The third kappa shape index (κ3) is 1.94. The van der Waals surface area contributed by atoms with Crippen molar-refractivity contribution in [3.8, 4) is 0 Å². The SMILES string of the molecule is CC(C)CN1CC(C)(F)C1. The zero-order valence-corrected chi connectivity index (χ0v) is 7.02. The zero-order valence-electron chi connectivity index (χ0n) is 7.02. The molecule has 0 amide bonds. The van der Waals surface area contributed by atoms with Crippen molar-refractivity contribution in [1.82, 2.24) is 4.90 Å². The van der Waals surface area contributed by atoms with Crippen LogP contribution in [0.2, 0.25) is 0 Å². The Kier molecular flexibility index (Phi) is 1.99. The molecule has 0 aromatic rings. The minimum absolute atomic E-state index is 0.630. The van der Waals surface area contributed by atoms with E-state index in [2.05, 4.69) is 18.7 Å². The van der Waals surface area contributed by atoms with Gasteiger partial charge in [-0.15, -0.1) is 0 Å². The molecular weight excluding hydrogens is 129 g/mol. The van der Waals surface area contributed by atoms with Gasteiger partial charge in [0, 0.05) is 19.6 Å². The molecule has 10 heavy (non-hydrogen) atoms. The summed E-state index contributed by atoms with van der Waals surface area (Å²) in [7, 11) is 0. The third-order valence-corrected chi connectivity index (χ3v) is 1.73. The molecule has 1 aliphatic rings. The van der Waals surface area contributed by atoms with Gasteiger partial charge in [-0.1, -0.05) is 13.8 Å². The lowest BCUT2D eigenvalue weighted by Gasteiger charge is -2.43. The summed E-state index contributed by atoms with van der Waals surface area (Å²) in [6, 6.07) is 0. The lowest BCUT2D eigenvalue weighted by molar-refractivity contribution is -0.0232. The monoisotopic (exact) mass is 145 g/mol. The van der Waals surface area contributed by atoms with Gasteiger partial charge in [0.2, 0.25) is 0 Å². The summed E-state index contributed by atoms with van der Waals surface area (Å²) in [6.45, 7) is 8.29. The number of hydrogen-bond acceptors (Lipinski definition) is 1. The molecule has 1 aliphatic heterocycles. The van der Waals surface area contributed by atoms with Crippen LogP contribution in [0, 0.1) is 5.92 Å². The lowest BCUT2D eigenvalue weighted by Crippen LogP contribution is -2.57. The second-order valence-electron chi connectivity index (χ2n) is 3.98. The van der Waals surface area contributed by atoms with Gasteiger partial charge < -0.3 is 0 Å². The topological polar surface area (TPSA) is 3.24 Å². The van der Waals surface area contributed by atoms with E-state index in [4.69, 9.17) is 0 Å². The van der Waals surface area contributed by atoms with Crippen LogP contribution in [0.5, 0.6) is 0 Å². The fourth-order valence-corrected chi connectivity index (χ4v) is 1.53. The van der Waals surface area contributed by atoms with E-state index in [1.807, 2.05) is 0 Å². The lowest BCUT2D eigenvalue weighted by atomic mass is 9.98. The van der Waals surface area contributed by atoms with Crippen molar-refractivity contribution < 1.29 is 4.39 Å². The quantitative estimate of drug-likeness (QED) is 0.571. The molecule has 1 heterocycles. The molecule has 2 heteroatoms. The number of rotatable bonds is 2. The minimum Gasteiger partial charge on any atom is -0.297 e. The molecule has 0 atom stereocenters. The molecule has 0 N–H and O–H groups in total. The van der Waals surface area contributed by atoms with Crippen molar-refractivity contribution in [2.24, 2.45) is 5.92 Å². The predicted molar refractivity (Wildman–Crippen MR) is 40.8 cm³/mol. The highest BCUT2D eigenvalue weighted by Crippen LogP contribution is 2.24. The Balaban J connectivity index is 2.15. The van der Waals surface area contributed by atoms with Crippen molar-refractivity contribution in [2.75, 3.05) is 19.6 Å². The summed E-state index contributed by atoms with van der Waals surface area (Å²) in [5.41, 5.74) is -0.894. The molecule has 1 saturated heterocycles. The summed E-state index contributed by atoms with van der Waals surface area (Å²) in [6.07, 6.45) is 0. The van der Waals surface area contributed by atoms with Gasteiger partial charge in [0.05, 0.1) is 0 Å². The Bertz CT molecular complexity index is 110. The molecule has 0 saturated carbocycles. The fourth-order valence-electron chi connectivity index (χ4n) is 1.53. The van der Waals surface area contributed by atoms with E-state index in [1.54, 1.807) is 6.92 Å². The van der Waals surface area contributed by atoms with Gasteiger partial charge in [-0.3, -0.25) is 4.90 Å². The molecule has 0 radical (unpaired) electrons. The molecule has 1 fully saturated rings. The number of alkyl halides is 1. The molecule has 1 nitrogen and oxygen atoms in total. The van der Waals surface area contributed by atoms with Crippen molar-refractivity contribution in [1.29, 1.82) is 0 Å². The molecule has 0 unspecified atom stereocenters. The molecule has 0 aromatic heterocycles. The van der Waals surface area contributed by atoms with Crippen molar-refractivity contribution >= 4 is 0 Å². The maximum absolute atomic E-state index is 12.9. The summed E-state index contributed by atoms with van der Waals surface area (Å²) in [5, 5.41) is 0. The summed E-state index contributed by atoms with van der Waals surface area (Å²) < 4.78 is 12.9. The van der Waals surface area contributed by atoms with Crippen molar-refractivity contribution in [3.05, 3.63) is 0 Å². The van der Waals surface area contributed by atoms with E-state index in [1.165, 1.54) is 0 Å². The molecule has 0 aliphatic carbocycles. The Morgan fingerprint density at radius 3 is 2.30 bits per heavy atom. The van der Waals surface area contributed by atoms with Gasteiger partial charge in [-0.25, -0.2) is 4.39 Å². The maximum Gasteiger partial charge on any atom is 0.133 e. The molecule has 0 aromatic carbocycles. The van der Waals surface area contributed by atoms with Gasteiger partial charge in [-0.2, -0.15) is 0 Å². The van der Waals surface area contributed by atoms with Gasteiger partial charge in [-0.05, 0) is 12.8 Å². The van der Waals surface area contributed by atoms with E-state index >= 15 is 0 Å². The van der Waals surface area contributed by atoms with Gasteiger partial charge in [0.1, 0.15) is 5.67 Å². The van der Waals surface area contributed by atoms with Gasteiger partial charge in [0.25, 0.3) is 0 Å². The minimum atomic E-state index is -0.894. The first-order chi connectivity index (χ1) is 4.49. The van der Waals surface area contributed by atoms with Crippen LogP contribution >= 0.6 is 0 Å². The van der Waals surface area contributed by atoms with Crippen LogP contribution in [0.25, 0.3) is 0 Å². The number of nitrogens with zero attached hydrogens (tertiary/aromatic N) is 1. The van der Waals surface area contributed by atoms with Crippen molar-refractivity contribution in [2.45, 2.75) is 26.4 Å². The maximum atomic E-state index is 12.9. The predicted octanol–water partition coefficient (Wildman–Crippen LogP) is 1.69. The number of likely N-dealkylation sites (tertiary alicyclic amines) is 1. The smallest absolute Gasteiger partial charge is 0.133 e. The summed E-state index contributed by atoms with van der Waals surface area (Å²) >= 11 is 0. The second kappa shape index (κ2) is 2.50. The average molecular weight is 145 g/mol. The first-order valence-electron chi connectivity index (χ1n) is 3.91. The van der Waals surface area contributed by atoms with Gasteiger partial charge in [0.15, 0.2) is 0 Å². The van der Waals surface area contributed by atoms with E-state index in [-0.39, 0.29) is 0 Å². The fraction of sp³-hybridized carbons (Fsp3) is 1.00. The number of hydrogen-bond donors (Lipinski definition) is 0. The van der Waals surface area contributed by atoms with Crippen LogP contribution in [-0.2, 0) is 0 Å². The first-order valence-corrected chi connectivity index (χ1v) is 3.91. The third-order valence-electron chi connectivity index (χ3n) is 1.73. The Morgan fingerprint density at radius 1 is 1.50 bits per heavy atom. The van der Waals surface area contributed by atoms with Crippen LogP contribution in [0.4, 0.5) is 4.39 Å². The normalized spacial score (nSPS) is 24.9. The van der Waals surface area contributed by atoms with E-state index in [0.29, 0.717) is 19.0 Å². The molecular formula is C8H16FN. The van der Waals surface area contributed by atoms with Crippen LogP contribution in [0.3, 0.4) is 0 Å². The van der Waals surface area contributed by atoms with Gasteiger partial charge >= 0.3 is 0 Å². The average Bonchev–Trinajstić information content (AvgIpc) is 1.57. The highest BCUT2D eigenvalue weighted by molar-refractivity contribution is 4.91. The van der Waals surface area contributed by atoms with Crippen LogP contribution in [-0.4, -0.2) is 30.2 Å². The van der Waals surface area contributed by atoms with E-state index in [9.17, 15) is 4.39 Å². The zero-order chi connectivity index (χ0) is 7.78. The highest BCUT2D eigenvalue weighted by Gasteiger charge is 2.38. The Labute approximate surface area is 62.2 Å². The van der Waals surface area contributed by atoms with Crippen LogP contribution in [0.1, 0.15) is 20.8 Å². The molecule has 0 bridgehead atoms. The van der Waals surface area contributed by atoms with Crippen molar-refractivity contribution in [3.63, 3.8) is 0 Å². The molecule has 0 spiro atoms. The summed E-state index contributed by atoms with van der Waals surface area (Å²) in [4.78, 5) is 2.16. The molecule has 60 valence electrons. The Hall–Kier alpha value is -0.110. The number of halogens is 1. The Morgan fingerprint density at radius 2 is 2.00 bits per heavy atom. The molecule has 1 rings (SSSR count). The van der Waals surface area contributed by atoms with E-state index in [0.717, 1.165) is 6.54 Å². The largest absolute Gasteiger partial charge is 0.297 e. The highest BCUT2D eigenvalue weighted by atomic mass is 19.1. The first kappa shape index (κ1) is 7.99. The summed E-state index contributed by atoms with van der Waals surface area (Å²) in [5.74, 6) is 0.663. The van der Waals surface area contributed by atoms with E-state index < -0.39 is 5.67 Å². The van der Waals surface area contributed by atoms with Crippen LogP contribution in [0.15, 0.2) is 0 Å². The second-order valence-corrected chi connectivity index (χ2v) is 3.98. The van der Waals surface area contributed by atoms with Crippen LogP contribution < -0.4 is 0 Å². The standard InChI is InChI=1S/C8H16FN/c1-7(2)4-10-5-8(3,9)6-10/h7H,4-6H2,1-3H3.